The van der Waals surface area contributed by atoms with Crippen LogP contribution in [0.5, 0.6) is 0 Å². The van der Waals surface area contributed by atoms with E-state index in [1.807, 2.05) is 26.8 Å². The molecule has 0 fully saturated rings. The summed E-state index contributed by atoms with van der Waals surface area (Å²) >= 11 is 0. The van der Waals surface area contributed by atoms with Gasteiger partial charge in [0.15, 0.2) is 0 Å². The molecule has 0 aromatic heterocycles. The molecule has 0 aliphatic rings. The third kappa shape index (κ3) is 8.65. The number of sulfonamides is 1. The van der Waals surface area contributed by atoms with Crippen molar-refractivity contribution in [1.82, 2.24) is 10.2 Å². The predicted molar refractivity (Wildman–Crippen MR) is 137 cm³/mol. The summed E-state index contributed by atoms with van der Waals surface area (Å²) in [6.07, 6.45) is 2.25. The number of aryl methyl sites for hydroxylation is 2. The van der Waals surface area contributed by atoms with Gasteiger partial charge in [0.05, 0.1) is 11.9 Å². The number of hydrogen-bond donors (Lipinski definition) is 1. The highest BCUT2D eigenvalue weighted by atomic mass is 32.2. The van der Waals surface area contributed by atoms with E-state index in [1.54, 1.807) is 31.2 Å². The van der Waals surface area contributed by atoms with Crippen molar-refractivity contribution in [3.63, 3.8) is 0 Å². The van der Waals surface area contributed by atoms with E-state index < -0.39 is 16.1 Å². The normalized spacial score (nSPS) is 12.2. The van der Waals surface area contributed by atoms with E-state index in [4.69, 9.17) is 0 Å². The summed E-state index contributed by atoms with van der Waals surface area (Å²) in [5.74, 6) is -0.926. The maximum Gasteiger partial charge on any atom is 0.242 e. The molecule has 1 unspecified atom stereocenters. The Morgan fingerprint density at radius 2 is 1.66 bits per heavy atom. The van der Waals surface area contributed by atoms with Crippen LogP contribution in [0.1, 0.15) is 49.8 Å². The fourth-order valence-electron chi connectivity index (χ4n) is 3.86. The lowest BCUT2D eigenvalue weighted by Gasteiger charge is -2.29. The molecule has 0 bridgehead atoms. The maximum absolute atomic E-state index is 13.3. The van der Waals surface area contributed by atoms with E-state index in [9.17, 15) is 22.4 Å². The molecule has 0 aliphatic carbocycles. The number of benzene rings is 2. The third-order valence-electron chi connectivity index (χ3n) is 5.63. The molecule has 0 radical (unpaired) electrons. The van der Waals surface area contributed by atoms with Gasteiger partial charge in [0.1, 0.15) is 11.9 Å². The average molecular weight is 506 g/mol. The number of carbonyl (C=O) groups is 2. The first-order chi connectivity index (χ1) is 16.4. The Morgan fingerprint density at radius 3 is 2.20 bits per heavy atom. The summed E-state index contributed by atoms with van der Waals surface area (Å²) in [6, 6.07) is 10.6. The first-order valence-corrected chi connectivity index (χ1v) is 13.6. The molecule has 0 heterocycles. The highest BCUT2D eigenvalue weighted by Gasteiger charge is 2.26. The Kier molecular flexibility index (Phi) is 10.2. The van der Waals surface area contributed by atoms with Crippen LogP contribution in [0, 0.1) is 19.7 Å². The largest absolute Gasteiger partial charge is 0.354 e. The summed E-state index contributed by atoms with van der Waals surface area (Å²) in [4.78, 5) is 27.3. The summed E-state index contributed by atoms with van der Waals surface area (Å²) in [5, 5.41) is 2.81. The van der Waals surface area contributed by atoms with Crippen molar-refractivity contribution in [2.75, 3.05) is 23.7 Å². The Balaban J connectivity index is 2.17. The number of nitrogens with zero attached hydrogens (tertiary/aromatic N) is 2. The number of rotatable bonds is 12. The van der Waals surface area contributed by atoms with Gasteiger partial charge in [-0.25, -0.2) is 12.8 Å². The first-order valence-electron chi connectivity index (χ1n) is 11.8. The second-order valence-corrected chi connectivity index (χ2v) is 10.8. The van der Waals surface area contributed by atoms with Gasteiger partial charge in [-0.2, -0.15) is 0 Å². The van der Waals surface area contributed by atoms with Crippen LogP contribution < -0.4 is 9.62 Å². The number of nitrogens with one attached hydrogen (secondary N) is 1. The summed E-state index contributed by atoms with van der Waals surface area (Å²) in [6.45, 7) is 8.18. The molecule has 2 aromatic carbocycles. The van der Waals surface area contributed by atoms with Crippen LogP contribution in [0.3, 0.4) is 0 Å². The fraction of sp³-hybridized carbons (Fsp3) is 0.462. The molecule has 2 aromatic rings. The molecule has 35 heavy (non-hydrogen) atoms. The molecule has 9 heteroatoms. The van der Waals surface area contributed by atoms with Crippen LogP contribution in [0.2, 0.25) is 0 Å². The quantitative estimate of drug-likeness (QED) is 0.474. The number of hydrogen-bond acceptors (Lipinski definition) is 4. The van der Waals surface area contributed by atoms with Crippen LogP contribution in [-0.2, 0) is 26.2 Å². The van der Waals surface area contributed by atoms with E-state index in [1.165, 1.54) is 21.3 Å². The fourth-order valence-corrected chi connectivity index (χ4v) is 4.81. The number of anilines is 1. The van der Waals surface area contributed by atoms with Gasteiger partial charge in [0, 0.05) is 26.1 Å². The molecule has 192 valence electrons. The van der Waals surface area contributed by atoms with Gasteiger partial charge in [-0.05, 0) is 74.6 Å². The van der Waals surface area contributed by atoms with Crippen molar-refractivity contribution < 1.29 is 22.4 Å². The van der Waals surface area contributed by atoms with E-state index in [-0.39, 0.29) is 43.6 Å². The van der Waals surface area contributed by atoms with Crippen molar-refractivity contribution in [3.05, 3.63) is 65.0 Å². The van der Waals surface area contributed by atoms with Gasteiger partial charge in [-0.1, -0.05) is 25.1 Å². The second-order valence-electron chi connectivity index (χ2n) is 8.90. The maximum atomic E-state index is 13.3. The highest BCUT2D eigenvalue weighted by molar-refractivity contribution is 7.92. The van der Waals surface area contributed by atoms with Gasteiger partial charge < -0.3 is 10.2 Å². The zero-order chi connectivity index (χ0) is 26.2. The molecule has 1 atom stereocenters. The van der Waals surface area contributed by atoms with Crippen LogP contribution in [0.15, 0.2) is 42.5 Å². The molecule has 0 saturated heterocycles. The zero-order valence-electron chi connectivity index (χ0n) is 21.2. The Labute approximate surface area is 208 Å². The minimum absolute atomic E-state index is 0.0589. The summed E-state index contributed by atoms with van der Waals surface area (Å²) in [7, 11) is -3.55. The number of carbonyl (C=O) groups excluding carboxylic acids is 2. The number of halogens is 1. The van der Waals surface area contributed by atoms with Crippen LogP contribution in [0.25, 0.3) is 0 Å². The lowest BCUT2D eigenvalue weighted by atomic mass is 10.1. The minimum atomic E-state index is -3.55. The van der Waals surface area contributed by atoms with E-state index in [2.05, 4.69) is 5.32 Å². The van der Waals surface area contributed by atoms with Crippen molar-refractivity contribution in [2.45, 2.75) is 59.5 Å². The van der Waals surface area contributed by atoms with Gasteiger partial charge >= 0.3 is 0 Å². The molecule has 1 N–H and O–H groups in total. The van der Waals surface area contributed by atoms with Crippen LogP contribution in [0.4, 0.5) is 10.1 Å². The standard InChI is InChI=1S/C26H36FN3O4S/c1-6-13-28-26(32)21(4)29(18-22-9-11-23(27)12-10-22)25(31)8-7-14-30(35(5,33)34)24-16-19(2)15-20(3)17-24/h9-12,15-17,21H,6-8,13-14,18H2,1-5H3,(H,28,32). The molecular weight excluding hydrogens is 469 g/mol. The summed E-state index contributed by atoms with van der Waals surface area (Å²) < 4.78 is 39.6. The van der Waals surface area contributed by atoms with Crippen LogP contribution in [-0.4, -0.2) is 50.5 Å². The zero-order valence-corrected chi connectivity index (χ0v) is 22.0. The lowest BCUT2D eigenvalue weighted by molar-refractivity contribution is -0.140. The van der Waals surface area contributed by atoms with E-state index in [0.29, 0.717) is 17.8 Å². The van der Waals surface area contributed by atoms with E-state index in [0.717, 1.165) is 23.8 Å². The Morgan fingerprint density at radius 1 is 1.06 bits per heavy atom. The van der Waals surface area contributed by atoms with Gasteiger partial charge in [-0.3, -0.25) is 13.9 Å². The molecule has 0 spiro atoms. The topological polar surface area (TPSA) is 86.8 Å². The molecule has 2 amide bonds. The predicted octanol–water partition coefficient (Wildman–Crippen LogP) is 3.93. The smallest absolute Gasteiger partial charge is 0.242 e. The Hall–Kier alpha value is -2.94. The monoisotopic (exact) mass is 505 g/mol. The molecular formula is C26H36FN3O4S. The van der Waals surface area contributed by atoms with Crippen molar-refractivity contribution in [1.29, 1.82) is 0 Å². The van der Waals surface area contributed by atoms with Gasteiger partial charge in [0.2, 0.25) is 21.8 Å². The highest BCUT2D eigenvalue weighted by Crippen LogP contribution is 2.22. The SMILES string of the molecule is CCCNC(=O)C(C)N(Cc1ccc(F)cc1)C(=O)CCCN(c1cc(C)cc(C)c1)S(C)(=O)=O. The lowest BCUT2D eigenvalue weighted by Crippen LogP contribution is -2.47. The molecule has 7 nitrogen and oxygen atoms in total. The molecule has 2 rings (SSSR count). The van der Waals surface area contributed by atoms with Crippen molar-refractivity contribution in [3.8, 4) is 0 Å². The van der Waals surface area contributed by atoms with Gasteiger partial charge in [-0.15, -0.1) is 0 Å². The molecule has 0 saturated carbocycles. The van der Waals surface area contributed by atoms with Crippen molar-refractivity contribution in [2.24, 2.45) is 0 Å². The van der Waals surface area contributed by atoms with E-state index >= 15 is 0 Å². The second kappa shape index (κ2) is 12.7. The average Bonchev–Trinajstić information content (AvgIpc) is 2.77. The van der Waals surface area contributed by atoms with Gasteiger partial charge in [0.25, 0.3) is 0 Å². The number of amides is 2. The summed E-state index contributed by atoms with van der Waals surface area (Å²) in [5.41, 5.74) is 3.15. The third-order valence-corrected chi connectivity index (χ3v) is 6.82. The van der Waals surface area contributed by atoms with Crippen LogP contribution >= 0.6 is 0 Å². The molecule has 0 aliphatic heterocycles. The van der Waals surface area contributed by atoms with Crippen molar-refractivity contribution >= 4 is 27.5 Å². The first kappa shape index (κ1) is 28.3. The Bertz CT molecular complexity index is 1100. The minimum Gasteiger partial charge on any atom is -0.354 e.